The Morgan fingerprint density at radius 2 is 0.818 bits per heavy atom. The zero-order valence-corrected chi connectivity index (χ0v) is 91.7. The highest BCUT2D eigenvalue weighted by Gasteiger charge is 2.63. The fourth-order valence-electron chi connectivity index (χ4n) is 16.9. The van der Waals surface area contributed by atoms with Gasteiger partial charge in [-0.1, -0.05) is 225 Å². The van der Waals surface area contributed by atoms with Crippen molar-refractivity contribution < 1.29 is 76.3 Å². The average Bonchev–Trinajstić information content (AvgIpc) is 1.60. The minimum absolute atomic E-state index is 0.0449. The van der Waals surface area contributed by atoms with Crippen LogP contribution in [0.15, 0.2) is 133 Å². The summed E-state index contributed by atoms with van der Waals surface area (Å²) in [5.74, 6) is 0.992. The molecule has 0 radical (unpaired) electrons. The van der Waals surface area contributed by atoms with Crippen molar-refractivity contribution in [2.24, 2.45) is 17.8 Å². The summed E-state index contributed by atoms with van der Waals surface area (Å²) in [5.41, 5.74) is 2.31. The molecule has 0 spiro atoms. The molecule has 26 heteroatoms. The van der Waals surface area contributed by atoms with E-state index in [2.05, 4.69) is 262 Å². The molecule has 4 aromatic carbocycles. The minimum Gasteiger partial charge on any atom is -0.509 e. The van der Waals surface area contributed by atoms with E-state index in [1.165, 1.54) is 23.1 Å². The van der Waals surface area contributed by atoms with E-state index in [-0.39, 0.29) is 72.2 Å². The van der Waals surface area contributed by atoms with E-state index in [0.29, 0.717) is 68.9 Å². The Labute approximate surface area is 801 Å². The Bertz CT molecular complexity index is 4360. The van der Waals surface area contributed by atoms with Crippen LogP contribution in [0.4, 0.5) is 0 Å². The van der Waals surface area contributed by atoms with Gasteiger partial charge in [-0.25, -0.2) is 9.59 Å². The van der Waals surface area contributed by atoms with Crippen molar-refractivity contribution in [3.63, 3.8) is 0 Å². The molecule has 742 valence electrons. The van der Waals surface area contributed by atoms with Crippen molar-refractivity contribution in [1.82, 2.24) is 24.9 Å². The Hall–Kier alpha value is -5.10. The monoisotopic (exact) mass is 1920 g/mol. The summed E-state index contributed by atoms with van der Waals surface area (Å²) in [6.07, 6.45) is 15.4. The van der Waals surface area contributed by atoms with E-state index >= 15 is 0 Å². The fourth-order valence-corrected chi connectivity index (χ4v) is 24.7. The standard InChI is InChI=1S/C27H49NO2Si2.C21H31NO3Si.C21H35NO2Si.C12H24O3Si.C11H13NO.C8H15NO2.C6H10O3/c1-25(2,3)31(7,8)29-24(27(17-18-27)30-32(9,10)26(4,5)6)23-16-19-28(21-23)20-22-14-12-11-13-15-22;1-20(2,3)26(4,5)25-21(12-13-21)18(23)17-11-14-22(19(17)24)15-16-9-7-6-8-10-16;1-20(2,3)25(4,5)24-21(12-13-21)19(23)18-11-14-22(16-18)15-17-9-7-6-8-10-17;1-7-14-10(13)12(8-9-12)15-16(5,6)11(2,3)4;13-11-7-4-8-12(11)9-10-5-2-1-3-6-10;10-7(8(11)2-3-8)6-1-4-9-5-6;1-2-9-5(7)6(8)3-4-6/h11-15,23-24H,16-21H2,1-10H3;6-10,23H,11-15H2,1-5H3;6-10,18-19,23H,11-16H2,1-5H3;7-9H2,1-6H3;1-3,5-6H,4,7-9H2;6-7,9-11H,1-5H2;8H,2-4H2,1H3/b;18-17-;;;;;. The predicted octanol–water partition coefficient (Wildman–Crippen LogP) is 21.1. The number of carbonyl (C=O) groups is 4. The SMILES string of the molecule is CC(C)(C)[Si](C)(C)OC(C1CCN(Cc2ccccc2)C1)C1(O[Si](C)(C)C(C)(C)C)CC1.CC(C)(C)[Si](C)(C)OC1(/C(O)=C2\CCN(Cc3ccccc3)C2=O)CC1.CC(C)(C)[Si](C)(C)OC1(C(O)C2CCN(Cc3ccccc3)C2)CC1.CCOC(=O)C1(O)CC1.CCOC(=O)C1(O[Si](C)(C)C(C)(C)C)CC1.O=C1CCCN1Cc1ccccc1.OC(C1CCNC1)C1(O)CC1. The van der Waals surface area contributed by atoms with E-state index in [4.69, 9.17) is 32.0 Å². The van der Waals surface area contributed by atoms with Gasteiger partial charge in [-0.3, -0.25) is 19.4 Å². The van der Waals surface area contributed by atoms with E-state index in [1.54, 1.807) is 6.92 Å². The predicted molar refractivity (Wildman–Crippen MR) is 545 cm³/mol. The molecule has 6 saturated carbocycles. The van der Waals surface area contributed by atoms with Crippen LogP contribution < -0.4 is 5.32 Å². The molecule has 6 atom stereocenters. The molecule has 5 heterocycles. The van der Waals surface area contributed by atoms with Crippen molar-refractivity contribution in [3.05, 3.63) is 155 Å². The third kappa shape index (κ3) is 30.0. The number of aliphatic hydroxyl groups is 5. The molecular weight excluding hydrogens is 1740 g/mol. The second kappa shape index (κ2) is 44.2. The number of carbonyl (C=O) groups excluding carboxylic acids is 4. The molecule has 6 unspecified atom stereocenters. The highest BCUT2D eigenvalue weighted by molar-refractivity contribution is 6.76. The lowest BCUT2D eigenvalue weighted by atomic mass is 9.95. The number of nitrogens with one attached hydrogen (secondary N) is 1. The number of rotatable bonds is 29. The first kappa shape index (κ1) is 111. The molecule has 11 fully saturated rings. The third-order valence-corrected chi connectivity index (χ3v) is 54.1. The molecule has 132 heavy (non-hydrogen) atoms. The minimum atomic E-state index is -2.01. The van der Waals surface area contributed by atoms with Crippen molar-refractivity contribution in [2.75, 3.05) is 65.6 Å². The Morgan fingerprint density at radius 1 is 0.432 bits per heavy atom. The maximum absolute atomic E-state index is 12.9. The largest absolute Gasteiger partial charge is 0.509 e. The maximum atomic E-state index is 12.9. The number of hydrogen-bond acceptors (Lipinski definition) is 19. The third-order valence-electron chi connectivity index (χ3n) is 31.6. The van der Waals surface area contributed by atoms with Gasteiger partial charge in [0.1, 0.15) is 11.4 Å². The maximum Gasteiger partial charge on any atom is 0.338 e. The number of nitrogens with zero attached hydrogens (tertiary/aromatic N) is 4. The molecule has 11 aliphatic rings. The Morgan fingerprint density at radius 3 is 1.19 bits per heavy atom. The van der Waals surface area contributed by atoms with Gasteiger partial charge in [0.15, 0.2) is 52.8 Å². The fraction of sp³-hybridized carbons (Fsp3) is 0.717. The van der Waals surface area contributed by atoms with E-state index in [0.717, 1.165) is 161 Å². The van der Waals surface area contributed by atoms with Crippen LogP contribution in [0, 0.1) is 17.8 Å². The molecule has 0 bridgehead atoms. The first-order chi connectivity index (χ1) is 61.2. The lowest BCUT2D eigenvalue weighted by Crippen LogP contribution is -2.55. The molecule has 0 aromatic heterocycles. The van der Waals surface area contributed by atoms with Gasteiger partial charge in [-0.2, -0.15) is 0 Å². The van der Waals surface area contributed by atoms with Gasteiger partial charge in [-0.15, -0.1) is 0 Å². The quantitative estimate of drug-likeness (QED) is 0.0128. The number of aliphatic hydroxyl groups excluding tert-OH is 3. The van der Waals surface area contributed by atoms with Crippen molar-refractivity contribution in [3.8, 4) is 0 Å². The second-order valence-electron chi connectivity index (χ2n) is 47.8. The van der Waals surface area contributed by atoms with Gasteiger partial charge < -0.3 is 72.3 Å². The average molecular weight is 1920 g/mol. The van der Waals surface area contributed by atoms with Gasteiger partial charge in [0.05, 0.1) is 53.9 Å². The Balaban J connectivity index is 0.000000180. The first-order valence-corrected chi connectivity index (χ1v) is 64.7. The number of hydrogen-bond donors (Lipinski definition) is 6. The lowest BCUT2D eigenvalue weighted by molar-refractivity contribution is -0.155. The van der Waals surface area contributed by atoms with Crippen molar-refractivity contribution in [1.29, 1.82) is 0 Å². The van der Waals surface area contributed by atoms with Crippen LogP contribution in [0.2, 0.25) is 90.7 Å². The smallest absolute Gasteiger partial charge is 0.338 e. The summed E-state index contributed by atoms with van der Waals surface area (Å²) >= 11 is 0. The molecule has 2 amide bonds. The van der Waals surface area contributed by atoms with Crippen LogP contribution in [-0.4, -0.2) is 228 Å². The van der Waals surface area contributed by atoms with Gasteiger partial charge in [-0.05, 0) is 256 Å². The van der Waals surface area contributed by atoms with Crippen molar-refractivity contribution >= 4 is 65.3 Å². The number of esters is 2. The molecule has 4 aromatic rings. The number of ether oxygens (including phenoxy) is 2. The molecule has 6 aliphatic carbocycles. The molecule has 5 saturated heterocycles. The zero-order chi connectivity index (χ0) is 98.0. The van der Waals surface area contributed by atoms with Crippen LogP contribution in [-0.2, 0) is 77.0 Å². The van der Waals surface area contributed by atoms with Gasteiger partial charge in [0.2, 0.25) is 5.91 Å². The Kier molecular flexibility index (Phi) is 37.0. The molecule has 21 nitrogen and oxygen atoms in total. The summed E-state index contributed by atoms with van der Waals surface area (Å²) in [7, 11) is -9.50. The highest BCUT2D eigenvalue weighted by atomic mass is 28.4. The van der Waals surface area contributed by atoms with Crippen LogP contribution in [0.1, 0.15) is 256 Å². The van der Waals surface area contributed by atoms with Gasteiger partial charge in [0.25, 0.3) is 5.91 Å². The van der Waals surface area contributed by atoms with Gasteiger partial charge in [0, 0.05) is 83.1 Å². The summed E-state index contributed by atoms with van der Waals surface area (Å²) in [6, 6.07) is 41.7. The normalized spacial score (nSPS) is 23.2. The topological polar surface area (TPSA) is 259 Å². The molecular formula is C106H177N5O16Si5. The molecule has 15 rings (SSSR count). The van der Waals surface area contributed by atoms with Crippen LogP contribution in [0.3, 0.4) is 0 Å². The number of amides is 2. The number of likely N-dealkylation sites (tertiary alicyclic amines) is 4. The van der Waals surface area contributed by atoms with E-state index < -0.39 is 76.1 Å². The molecule has 5 aliphatic heterocycles. The summed E-state index contributed by atoms with van der Waals surface area (Å²) in [4.78, 5) is 55.5. The number of benzene rings is 4. The van der Waals surface area contributed by atoms with Crippen LogP contribution in [0.25, 0.3) is 0 Å². The van der Waals surface area contributed by atoms with Crippen LogP contribution >= 0.6 is 0 Å². The van der Waals surface area contributed by atoms with Gasteiger partial charge >= 0.3 is 11.9 Å². The van der Waals surface area contributed by atoms with E-state index in [1.807, 2.05) is 65.3 Å². The van der Waals surface area contributed by atoms with Crippen LogP contribution in [0.5, 0.6) is 0 Å². The molecule has 6 N–H and O–H groups in total. The second-order valence-corrected chi connectivity index (χ2v) is 71.5. The first-order valence-electron chi connectivity index (χ1n) is 50.1. The lowest BCUT2D eigenvalue weighted by Gasteiger charge is -2.47. The zero-order valence-electron chi connectivity index (χ0n) is 86.7. The van der Waals surface area contributed by atoms with E-state index in [9.17, 15) is 39.6 Å². The van der Waals surface area contributed by atoms with Crippen molar-refractivity contribution in [2.45, 2.75) is 402 Å². The highest BCUT2D eigenvalue weighted by Crippen LogP contribution is 2.58. The summed E-state index contributed by atoms with van der Waals surface area (Å²) in [6.45, 7) is 72.6. The summed E-state index contributed by atoms with van der Waals surface area (Å²) < 4.78 is 43.6. The summed E-state index contributed by atoms with van der Waals surface area (Å²) in [5, 5.41) is 54.4.